The summed E-state index contributed by atoms with van der Waals surface area (Å²) in [5, 5.41) is 0.390. The molecule has 2 aromatic carbocycles. The molecule has 0 unspecified atom stereocenters. The van der Waals surface area contributed by atoms with Crippen LogP contribution in [-0.4, -0.2) is 0 Å². The molecule has 0 bridgehead atoms. The van der Waals surface area contributed by atoms with Crippen molar-refractivity contribution in [2.75, 3.05) is 0 Å². The minimum Gasteiger partial charge on any atom is -0.489 e. The summed E-state index contributed by atoms with van der Waals surface area (Å²) >= 11 is 5.93. The molecule has 0 aromatic heterocycles. The van der Waals surface area contributed by atoms with Gasteiger partial charge < -0.3 is 4.74 Å². The summed E-state index contributed by atoms with van der Waals surface area (Å²) in [6.45, 7) is 2.21. The quantitative estimate of drug-likeness (QED) is 0.783. The van der Waals surface area contributed by atoms with Gasteiger partial charge in [-0.25, -0.2) is 4.39 Å². The smallest absolute Gasteiger partial charge is 0.131 e. The average molecular weight is 265 g/mol. The van der Waals surface area contributed by atoms with Crippen molar-refractivity contribution < 1.29 is 9.13 Å². The number of aryl methyl sites for hydroxylation is 1. The van der Waals surface area contributed by atoms with Crippen LogP contribution in [-0.2, 0) is 13.0 Å². The fraction of sp³-hybridized carbons (Fsp3) is 0.200. The predicted molar refractivity (Wildman–Crippen MR) is 71.6 cm³/mol. The first kappa shape index (κ1) is 12.9. The van der Waals surface area contributed by atoms with Crippen molar-refractivity contribution in [2.24, 2.45) is 0 Å². The van der Waals surface area contributed by atoms with Crippen molar-refractivity contribution in [3.63, 3.8) is 0 Å². The highest BCUT2D eigenvalue weighted by atomic mass is 35.5. The van der Waals surface area contributed by atoms with Gasteiger partial charge in [-0.3, -0.25) is 0 Å². The maximum absolute atomic E-state index is 13.5. The highest BCUT2D eigenvalue weighted by molar-refractivity contribution is 6.31. The van der Waals surface area contributed by atoms with Crippen molar-refractivity contribution in [2.45, 2.75) is 20.0 Å². The molecule has 1 nitrogen and oxygen atoms in total. The number of hydrogen-bond donors (Lipinski definition) is 0. The summed E-state index contributed by atoms with van der Waals surface area (Å²) in [4.78, 5) is 0. The summed E-state index contributed by atoms with van der Waals surface area (Å²) in [5.74, 6) is 0.391. The summed E-state index contributed by atoms with van der Waals surface area (Å²) in [6.07, 6.45) is 0.942. The Hall–Kier alpha value is -1.54. The third kappa shape index (κ3) is 3.02. The Kier molecular flexibility index (Phi) is 4.21. The average Bonchev–Trinajstić information content (AvgIpc) is 2.38. The van der Waals surface area contributed by atoms with Gasteiger partial charge in [0, 0.05) is 5.56 Å². The molecule has 0 aliphatic carbocycles. The van der Waals surface area contributed by atoms with Crippen molar-refractivity contribution in [3.8, 4) is 5.75 Å². The molecular formula is C15H14ClFO. The van der Waals surface area contributed by atoms with Crippen molar-refractivity contribution >= 4 is 11.6 Å². The van der Waals surface area contributed by atoms with Crippen molar-refractivity contribution in [1.29, 1.82) is 0 Å². The first-order valence-corrected chi connectivity index (χ1v) is 6.23. The Labute approximate surface area is 111 Å². The van der Waals surface area contributed by atoms with Gasteiger partial charge in [-0.2, -0.15) is 0 Å². The first-order valence-electron chi connectivity index (χ1n) is 5.85. The zero-order chi connectivity index (χ0) is 13.0. The van der Waals surface area contributed by atoms with Crippen LogP contribution in [0.15, 0.2) is 42.5 Å². The van der Waals surface area contributed by atoms with Crippen molar-refractivity contribution in [3.05, 3.63) is 64.4 Å². The molecule has 94 valence electrons. The lowest BCUT2D eigenvalue weighted by molar-refractivity contribution is 0.299. The number of benzene rings is 2. The molecule has 18 heavy (non-hydrogen) atoms. The Balaban J connectivity index is 2.11. The lowest BCUT2D eigenvalue weighted by Crippen LogP contribution is -1.99. The van der Waals surface area contributed by atoms with Crippen LogP contribution in [0.3, 0.4) is 0 Å². The number of halogens is 2. The van der Waals surface area contributed by atoms with Crippen LogP contribution in [0.25, 0.3) is 0 Å². The SMILES string of the molecule is CCc1cccc(OCc2c(F)cccc2Cl)c1. The Morgan fingerprint density at radius 3 is 2.67 bits per heavy atom. The van der Waals surface area contributed by atoms with E-state index >= 15 is 0 Å². The summed E-state index contributed by atoms with van der Waals surface area (Å²) < 4.78 is 19.1. The summed E-state index contributed by atoms with van der Waals surface area (Å²) in [7, 11) is 0. The number of ether oxygens (including phenoxy) is 1. The molecule has 0 amide bonds. The van der Waals surface area contributed by atoms with E-state index in [1.807, 2.05) is 24.3 Å². The maximum atomic E-state index is 13.5. The molecule has 0 saturated carbocycles. The Morgan fingerprint density at radius 2 is 1.94 bits per heavy atom. The van der Waals surface area contributed by atoms with Gasteiger partial charge in [-0.15, -0.1) is 0 Å². The van der Waals surface area contributed by atoms with Gasteiger partial charge in [0.05, 0.1) is 5.02 Å². The molecule has 2 aromatic rings. The minimum atomic E-state index is -0.339. The lowest BCUT2D eigenvalue weighted by Gasteiger charge is -2.09. The van der Waals surface area contributed by atoms with Gasteiger partial charge in [-0.05, 0) is 36.2 Å². The Bertz CT molecular complexity index is 520. The molecule has 0 atom stereocenters. The molecule has 2 rings (SSSR count). The second kappa shape index (κ2) is 5.87. The van der Waals surface area contributed by atoms with Gasteiger partial charge in [-0.1, -0.05) is 36.7 Å². The van der Waals surface area contributed by atoms with E-state index in [0.29, 0.717) is 10.6 Å². The molecule has 0 radical (unpaired) electrons. The maximum Gasteiger partial charge on any atom is 0.131 e. The summed E-state index contributed by atoms with van der Waals surface area (Å²) in [6, 6.07) is 12.4. The minimum absolute atomic E-state index is 0.138. The standard InChI is InChI=1S/C15H14ClFO/c1-2-11-5-3-6-12(9-11)18-10-13-14(16)7-4-8-15(13)17/h3-9H,2,10H2,1H3. The van der Waals surface area contributed by atoms with Gasteiger partial charge in [0.1, 0.15) is 18.2 Å². The molecule has 0 spiro atoms. The fourth-order valence-electron chi connectivity index (χ4n) is 1.68. The van der Waals surface area contributed by atoms with E-state index in [4.69, 9.17) is 16.3 Å². The molecule has 0 aliphatic heterocycles. The molecule has 0 aliphatic rings. The molecule has 3 heteroatoms. The van der Waals surface area contributed by atoms with E-state index in [1.165, 1.54) is 11.6 Å². The lowest BCUT2D eigenvalue weighted by atomic mass is 10.1. The second-order valence-electron chi connectivity index (χ2n) is 3.99. The molecule has 0 N–H and O–H groups in total. The topological polar surface area (TPSA) is 9.23 Å². The van der Waals surface area contributed by atoms with Gasteiger partial charge in [0.25, 0.3) is 0 Å². The second-order valence-corrected chi connectivity index (χ2v) is 4.40. The number of hydrogen-bond acceptors (Lipinski definition) is 1. The predicted octanol–water partition coefficient (Wildman–Crippen LogP) is 4.62. The number of rotatable bonds is 4. The zero-order valence-electron chi connectivity index (χ0n) is 10.1. The molecule has 0 fully saturated rings. The van der Waals surface area contributed by atoms with E-state index < -0.39 is 0 Å². The Morgan fingerprint density at radius 1 is 1.17 bits per heavy atom. The van der Waals surface area contributed by atoms with E-state index in [1.54, 1.807) is 12.1 Å². The van der Waals surface area contributed by atoms with E-state index in [2.05, 4.69) is 6.92 Å². The van der Waals surface area contributed by atoms with Gasteiger partial charge in [0.15, 0.2) is 0 Å². The van der Waals surface area contributed by atoms with Gasteiger partial charge >= 0.3 is 0 Å². The zero-order valence-corrected chi connectivity index (χ0v) is 10.9. The molecule has 0 saturated heterocycles. The van der Waals surface area contributed by atoms with Crippen LogP contribution in [0.5, 0.6) is 5.75 Å². The largest absolute Gasteiger partial charge is 0.489 e. The van der Waals surface area contributed by atoms with Crippen LogP contribution in [0, 0.1) is 5.82 Å². The van der Waals surface area contributed by atoms with E-state index in [-0.39, 0.29) is 12.4 Å². The van der Waals surface area contributed by atoms with Crippen LogP contribution >= 0.6 is 11.6 Å². The highest BCUT2D eigenvalue weighted by Crippen LogP contribution is 2.22. The van der Waals surface area contributed by atoms with Crippen LogP contribution in [0.2, 0.25) is 5.02 Å². The van der Waals surface area contributed by atoms with Crippen LogP contribution < -0.4 is 4.74 Å². The molecule has 0 heterocycles. The van der Waals surface area contributed by atoms with Crippen LogP contribution in [0.1, 0.15) is 18.1 Å². The summed E-state index contributed by atoms with van der Waals surface area (Å²) in [5.41, 5.74) is 1.58. The van der Waals surface area contributed by atoms with Crippen LogP contribution in [0.4, 0.5) is 4.39 Å². The molecular weight excluding hydrogens is 251 g/mol. The van der Waals surface area contributed by atoms with Gasteiger partial charge in [0.2, 0.25) is 0 Å². The third-order valence-corrected chi connectivity index (χ3v) is 3.11. The monoisotopic (exact) mass is 264 g/mol. The highest BCUT2D eigenvalue weighted by Gasteiger charge is 2.07. The van der Waals surface area contributed by atoms with Crippen molar-refractivity contribution in [1.82, 2.24) is 0 Å². The first-order chi connectivity index (χ1) is 8.70. The normalized spacial score (nSPS) is 10.4. The van der Waals surface area contributed by atoms with E-state index in [0.717, 1.165) is 12.2 Å². The fourth-order valence-corrected chi connectivity index (χ4v) is 1.90. The third-order valence-electron chi connectivity index (χ3n) is 2.75. The van der Waals surface area contributed by atoms with E-state index in [9.17, 15) is 4.39 Å².